The predicted octanol–water partition coefficient (Wildman–Crippen LogP) is 3.49. The number of hydrogen-bond acceptors (Lipinski definition) is 7. The van der Waals surface area contributed by atoms with Gasteiger partial charge in [0.25, 0.3) is 0 Å². The van der Waals surface area contributed by atoms with E-state index in [-0.39, 0.29) is 35.0 Å². The van der Waals surface area contributed by atoms with E-state index in [1.165, 1.54) is 19.3 Å². The molecule has 1 aromatic carbocycles. The van der Waals surface area contributed by atoms with E-state index < -0.39 is 24.0 Å². The number of phenolic OH excluding ortho intramolecular Hbond substituents is 1. The van der Waals surface area contributed by atoms with Crippen molar-refractivity contribution < 1.29 is 33.6 Å². The second-order valence-electron chi connectivity index (χ2n) is 8.80. The largest absolute Gasteiger partial charge is 0.507 e. The fraction of sp³-hybridized carbons (Fsp3) is 0.565. The number of fused-ring (bicyclic) bond motifs is 4. The van der Waals surface area contributed by atoms with Crippen molar-refractivity contribution in [1.29, 1.82) is 0 Å². The summed E-state index contributed by atoms with van der Waals surface area (Å²) in [5.41, 5.74) is 0.899. The number of carbonyl (C=O) groups excluding carboxylic acids is 2. The first-order chi connectivity index (χ1) is 14.2. The van der Waals surface area contributed by atoms with Gasteiger partial charge < -0.3 is 24.1 Å². The Kier molecular flexibility index (Phi) is 5.36. The number of cyclic esters (lactones) is 1. The lowest BCUT2D eigenvalue weighted by molar-refractivity contribution is -0.153. The summed E-state index contributed by atoms with van der Waals surface area (Å²) in [6.45, 7) is 5.37. The molecule has 1 aromatic rings. The topological polar surface area (TPSA) is 91.3 Å². The molecule has 0 radical (unpaired) electrons. The highest BCUT2D eigenvalue weighted by atomic mass is 16.8. The minimum Gasteiger partial charge on any atom is -0.507 e. The first kappa shape index (κ1) is 20.9. The van der Waals surface area contributed by atoms with Gasteiger partial charge in [-0.15, -0.1) is 0 Å². The number of methoxy groups -OCH3 is 1. The minimum absolute atomic E-state index is 0.0467. The molecule has 4 rings (SSSR count). The van der Waals surface area contributed by atoms with Gasteiger partial charge in [-0.05, 0) is 63.2 Å². The molecule has 162 valence electrons. The third-order valence-corrected chi connectivity index (χ3v) is 5.94. The van der Waals surface area contributed by atoms with E-state index >= 15 is 0 Å². The number of rotatable bonds is 1. The monoisotopic (exact) mass is 416 g/mol. The summed E-state index contributed by atoms with van der Waals surface area (Å²) < 4.78 is 22.8. The van der Waals surface area contributed by atoms with Gasteiger partial charge in [0.1, 0.15) is 29.3 Å². The van der Waals surface area contributed by atoms with Crippen LogP contribution in [0.15, 0.2) is 24.3 Å². The maximum atomic E-state index is 12.8. The van der Waals surface area contributed by atoms with Gasteiger partial charge in [-0.2, -0.15) is 0 Å². The molecule has 0 bridgehead atoms. The molecule has 2 fully saturated rings. The van der Waals surface area contributed by atoms with Gasteiger partial charge in [0, 0.05) is 12.5 Å². The Morgan fingerprint density at radius 1 is 1.17 bits per heavy atom. The Labute approximate surface area is 175 Å². The van der Waals surface area contributed by atoms with Crippen LogP contribution in [0, 0.1) is 5.92 Å². The third-order valence-electron chi connectivity index (χ3n) is 5.94. The first-order valence-corrected chi connectivity index (χ1v) is 10.4. The zero-order chi connectivity index (χ0) is 21.6. The normalized spacial score (nSPS) is 34.1. The number of ether oxygens (including phenoxy) is 4. The van der Waals surface area contributed by atoms with Crippen molar-refractivity contribution in [1.82, 2.24) is 0 Å². The molecule has 0 amide bonds. The van der Waals surface area contributed by atoms with Gasteiger partial charge in [-0.1, -0.05) is 6.08 Å². The van der Waals surface area contributed by atoms with E-state index in [4.69, 9.17) is 18.9 Å². The molecule has 1 N–H and O–H groups in total. The maximum Gasteiger partial charge on any atom is 0.342 e. The Hall–Kier alpha value is -2.38. The zero-order valence-electron chi connectivity index (χ0n) is 17.7. The zero-order valence-corrected chi connectivity index (χ0v) is 17.7. The summed E-state index contributed by atoms with van der Waals surface area (Å²) in [4.78, 5) is 25.6. The lowest BCUT2D eigenvalue weighted by Gasteiger charge is -2.18. The number of phenols is 1. The first-order valence-electron chi connectivity index (χ1n) is 10.4. The van der Waals surface area contributed by atoms with Crippen LogP contribution in [0.5, 0.6) is 11.5 Å². The quantitative estimate of drug-likeness (QED) is 0.701. The van der Waals surface area contributed by atoms with Crippen LogP contribution in [0.25, 0.3) is 0 Å². The Balaban J connectivity index is 1.70. The van der Waals surface area contributed by atoms with E-state index in [0.29, 0.717) is 24.2 Å². The van der Waals surface area contributed by atoms with Crippen LogP contribution in [0.4, 0.5) is 0 Å². The Morgan fingerprint density at radius 3 is 2.67 bits per heavy atom. The number of carbonyl (C=O) groups is 2. The summed E-state index contributed by atoms with van der Waals surface area (Å²) in [6.07, 6.45) is 3.52. The van der Waals surface area contributed by atoms with Crippen molar-refractivity contribution in [2.45, 2.75) is 70.1 Å². The van der Waals surface area contributed by atoms with Crippen molar-refractivity contribution >= 4 is 11.8 Å². The number of esters is 1. The van der Waals surface area contributed by atoms with E-state index in [0.717, 1.165) is 6.42 Å². The van der Waals surface area contributed by atoms with Gasteiger partial charge in [0.15, 0.2) is 11.6 Å². The van der Waals surface area contributed by atoms with Crippen molar-refractivity contribution in [3.63, 3.8) is 0 Å². The number of hydrogen-bond donors (Lipinski definition) is 1. The summed E-state index contributed by atoms with van der Waals surface area (Å²) in [6, 6.07) is 3.21. The van der Waals surface area contributed by atoms with Crippen molar-refractivity contribution in [2.75, 3.05) is 7.11 Å². The molecule has 7 heteroatoms. The summed E-state index contributed by atoms with van der Waals surface area (Å²) in [7, 11) is 1.52. The second-order valence-corrected chi connectivity index (χ2v) is 8.80. The standard InChI is InChI=1S/C23H28O7/c1-12-6-5-7-17(24)21-19(29-23(2,3)30-21)9-13-8-15(13)16-10-14(27-4)11-18(25)20(16)22(26)28-12/h5,7,10-13,15,19,21,25H,6,8-9H2,1-4H3/b7-5-/t12-,13?,15?,19-,21+/m0/s1. The Morgan fingerprint density at radius 2 is 1.93 bits per heavy atom. The number of benzene rings is 1. The number of aromatic hydroxyl groups is 1. The Bertz CT molecular complexity index is 888. The molecule has 3 aliphatic rings. The molecule has 2 aliphatic heterocycles. The van der Waals surface area contributed by atoms with Crippen molar-refractivity contribution in [2.24, 2.45) is 5.92 Å². The number of ketones is 1. The van der Waals surface area contributed by atoms with Gasteiger partial charge >= 0.3 is 5.97 Å². The fourth-order valence-corrected chi connectivity index (χ4v) is 4.45. The summed E-state index contributed by atoms with van der Waals surface area (Å²) >= 11 is 0. The summed E-state index contributed by atoms with van der Waals surface area (Å²) in [5, 5.41) is 10.5. The van der Waals surface area contributed by atoms with Crippen molar-refractivity contribution in [3.8, 4) is 11.5 Å². The highest BCUT2D eigenvalue weighted by Gasteiger charge is 2.50. The highest BCUT2D eigenvalue weighted by molar-refractivity contribution is 5.95. The van der Waals surface area contributed by atoms with Gasteiger partial charge in [-0.3, -0.25) is 4.79 Å². The van der Waals surface area contributed by atoms with E-state index in [1.807, 2.05) is 13.8 Å². The average molecular weight is 416 g/mol. The summed E-state index contributed by atoms with van der Waals surface area (Å²) in [5.74, 6) is -0.961. The van der Waals surface area contributed by atoms with E-state index in [9.17, 15) is 14.7 Å². The average Bonchev–Trinajstić information content (AvgIpc) is 3.35. The second kappa shape index (κ2) is 7.71. The van der Waals surface area contributed by atoms with Crippen LogP contribution in [0.1, 0.15) is 61.9 Å². The fourth-order valence-electron chi connectivity index (χ4n) is 4.45. The van der Waals surface area contributed by atoms with Crippen LogP contribution < -0.4 is 4.74 Å². The molecule has 1 saturated carbocycles. The van der Waals surface area contributed by atoms with Crippen LogP contribution in [0.2, 0.25) is 0 Å². The lowest BCUT2D eigenvalue weighted by atomic mass is 9.97. The smallest absolute Gasteiger partial charge is 0.342 e. The molecule has 0 spiro atoms. The molecule has 2 heterocycles. The molecular weight excluding hydrogens is 388 g/mol. The third kappa shape index (κ3) is 4.09. The van der Waals surface area contributed by atoms with Crippen molar-refractivity contribution in [3.05, 3.63) is 35.4 Å². The van der Waals surface area contributed by atoms with E-state index in [2.05, 4.69) is 0 Å². The van der Waals surface area contributed by atoms with Gasteiger partial charge in [0.2, 0.25) is 0 Å². The van der Waals surface area contributed by atoms with Crippen LogP contribution in [-0.4, -0.2) is 48.1 Å². The van der Waals surface area contributed by atoms with Gasteiger partial charge in [0.05, 0.1) is 13.2 Å². The molecule has 30 heavy (non-hydrogen) atoms. The maximum absolute atomic E-state index is 12.8. The SMILES string of the molecule is COc1cc(O)c2c(c1)C1CC1C[C@@H]1OC(C)(C)O[C@@H]1C(=O)/C=C\C[C@H](C)OC2=O. The minimum atomic E-state index is -0.830. The van der Waals surface area contributed by atoms with Crippen LogP contribution in [-0.2, 0) is 19.0 Å². The molecule has 7 nitrogen and oxygen atoms in total. The molecule has 5 atom stereocenters. The van der Waals surface area contributed by atoms with Crippen LogP contribution >= 0.6 is 0 Å². The van der Waals surface area contributed by atoms with Crippen LogP contribution in [0.3, 0.4) is 0 Å². The molecule has 1 saturated heterocycles. The molecule has 2 unspecified atom stereocenters. The van der Waals surface area contributed by atoms with E-state index in [1.54, 1.807) is 19.1 Å². The molecule has 1 aliphatic carbocycles. The lowest BCUT2D eigenvalue weighted by Crippen LogP contribution is -2.31. The highest BCUT2D eigenvalue weighted by Crippen LogP contribution is 2.54. The molecular formula is C23H28O7. The van der Waals surface area contributed by atoms with Gasteiger partial charge in [-0.25, -0.2) is 4.79 Å². The molecule has 0 aromatic heterocycles. The predicted molar refractivity (Wildman–Crippen MR) is 108 cm³/mol.